The monoisotopic (exact) mass is 303 g/mol. The van der Waals surface area contributed by atoms with Crippen LogP contribution in [0.3, 0.4) is 0 Å². The summed E-state index contributed by atoms with van der Waals surface area (Å²) in [4.78, 5) is 10.9. The number of rotatable bonds is 4. The summed E-state index contributed by atoms with van der Waals surface area (Å²) in [5, 5.41) is 9.14. The zero-order valence-electron chi connectivity index (χ0n) is 11.8. The topological polar surface area (TPSA) is 83.5 Å². The van der Waals surface area contributed by atoms with Gasteiger partial charge in [-0.15, -0.1) is 0 Å². The number of hydrogen-bond acceptors (Lipinski definition) is 3. The first-order valence-electron chi connectivity index (χ1n) is 5.96. The Hall–Kier alpha value is -1.47. The van der Waals surface area contributed by atoms with E-state index in [1.807, 2.05) is 0 Å². The maximum absolute atomic E-state index is 13.2. The first-order chi connectivity index (χ1) is 8.95. The molecule has 0 saturated heterocycles. The highest BCUT2D eigenvalue weighted by Crippen LogP contribution is 2.23. The fraction of sp³-hybridized carbons (Fsp3) is 0.462. The van der Waals surface area contributed by atoms with Gasteiger partial charge >= 0.3 is 5.97 Å². The van der Waals surface area contributed by atoms with Gasteiger partial charge in [-0.25, -0.2) is 12.8 Å². The first kappa shape index (κ1) is 16.6. The molecule has 112 valence electrons. The predicted molar refractivity (Wildman–Crippen MR) is 72.3 cm³/mol. The van der Waals surface area contributed by atoms with Gasteiger partial charge in [0.15, 0.2) is 0 Å². The smallest absolute Gasteiger partial charge is 0.322 e. The van der Waals surface area contributed by atoms with E-state index in [0.717, 1.165) is 12.1 Å². The summed E-state index contributed by atoms with van der Waals surface area (Å²) in [6.07, 6.45) is 0. The van der Waals surface area contributed by atoms with Crippen molar-refractivity contribution in [1.82, 2.24) is 4.72 Å². The molecule has 0 aliphatic rings. The van der Waals surface area contributed by atoms with Crippen LogP contribution >= 0.6 is 0 Å². The fourth-order valence-electron chi connectivity index (χ4n) is 1.68. The van der Waals surface area contributed by atoms with Crippen LogP contribution in [0.4, 0.5) is 4.39 Å². The SMILES string of the molecule is Cc1ccc(F)cc1S(=O)(=O)N[C@H](C(=O)O)C(C)(C)C. The van der Waals surface area contributed by atoms with Crippen LogP contribution < -0.4 is 4.72 Å². The van der Waals surface area contributed by atoms with Crippen LogP contribution in [0.1, 0.15) is 26.3 Å². The van der Waals surface area contributed by atoms with E-state index in [1.165, 1.54) is 13.0 Å². The Balaban J connectivity index is 3.24. The van der Waals surface area contributed by atoms with Crippen LogP contribution in [0.15, 0.2) is 23.1 Å². The molecular weight excluding hydrogens is 285 g/mol. The lowest BCUT2D eigenvalue weighted by atomic mass is 9.88. The van der Waals surface area contributed by atoms with Crippen molar-refractivity contribution >= 4 is 16.0 Å². The maximum atomic E-state index is 13.2. The van der Waals surface area contributed by atoms with Crippen molar-refractivity contribution in [2.24, 2.45) is 5.41 Å². The van der Waals surface area contributed by atoms with E-state index in [0.29, 0.717) is 5.56 Å². The Morgan fingerprint density at radius 1 is 1.35 bits per heavy atom. The van der Waals surface area contributed by atoms with E-state index in [9.17, 15) is 17.6 Å². The summed E-state index contributed by atoms with van der Waals surface area (Å²) in [6.45, 7) is 6.33. The molecule has 5 nitrogen and oxygen atoms in total. The second-order valence-electron chi connectivity index (χ2n) is 5.67. The average Bonchev–Trinajstić information content (AvgIpc) is 2.27. The maximum Gasteiger partial charge on any atom is 0.322 e. The third-order valence-electron chi connectivity index (χ3n) is 2.83. The molecule has 0 heterocycles. The minimum atomic E-state index is -4.11. The molecule has 2 N–H and O–H groups in total. The van der Waals surface area contributed by atoms with E-state index >= 15 is 0 Å². The first-order valence-corrected chi connectivity index (χ1v) is 7.45. The lowest BCUT2D eigenvalue weighted by Crippen LogP contribution is -2.49. The molecule has 7 heteroatoms. The number of hydrogen-bond donors (Lipinski definition) is 2. The molecule has 20 heavy (non-hydrogen) atoms. The van der Waals surface area contributed by atoms with Crippen LogP contribution in [-0.2, 0) is 14.8 Å². The number of carboxylic acids is 1. The average molecular weight is 303 g/mol. The summed E-state index contributed by atoms with van der Waals surface area (Å²) in [5.41, 5.74) is -0.475. The van der Waals surface area contributed by atoms with Gasteiger partial charge in [-0.1, -0.05) is 26.8 Å². The summed E-state index contributed by atoms with van der Waals surface area (Å²) in [6, 6.07) is 2.04. The van der Waals surface area contributed by atoms with Crippen molar-refractivity contribution in [2.45, 2.75) is 38.6 Å². The fourth-order valence-corrected chi connectivity index (χ4v) is 3.33. The van der Waals surface area contributed by atoms with Crippen molar-refractivity contribution < 1.29 is 22.7 Å². The minimum Gasteiger partial charge on any atom is -0.480 e. The molecule has 0 bridgehead atoms. The van der Waals surface area contributed by atoms with Gasteiger partial charge in [0.2, 0.25) is 10.0 Å². The van der Waals surface area contributed by atoms with Crippen molar-refractivity contribution in [2.75, 3.05) is 0 Å². The zero-order valence-corrected chi connectivity index (χ0v) is 12.6. The van der Waals surface area contributed by atoms with E-state index in [-0.39, 0.29) is 4.90 Å². The number of sulfonamides is 1. The number of aryl methyl sites for hydroxylation is 1. The molecule has 0 radical (unpaired) electrons. The molecule has 0 saturated carbocycles. The van der Waals surface area contributed by atoms with Crippen LogP contribution in [0.25, 0.3) is 0 Å². The molecule has 0 spiro atoms. The highest BCUT2D eigenvalue weighted by Gasteiger charge is 2.35. The number of halogens is 1. The summed E-state index contributed by atoms with van der Waals surface area (Å²) < 4.78 is 39.8. The Labute approximate surface area is 117 Å². The highest BCUT2D eigenvalue weighted by molar-refractivity contribution is 7.89. The molecular formula is C13H18FNO4S. The molecule has 1 aromatic carbocycles. The van der Waals surface area contributed by atoms with Gasteiger partial charge in [-0.2, -0.15) is 4.72 Å². The molecule has 0 aliphatic carbocycles. The highest BCUT2D eigenvalue weighted by atomic mass is 32.2. The second kappa shape index (κ2) is 5.49. The van der Waals surface area contributed by atoms with Crippen LogP contribution in [0.5, 0.6) is 0 Å². The molecule has 1 rings (SSSR count). The van der Waals surface area contributed by atoms with Crippen LogP contribution in [-0.4, -0.2) is 25.5 Å². The number of nitrogens with one attached hydrogen (secondary N) is 1. The molecule has 0 amide bonds. The Bertz CT molecular complexity index is 620. The van der Waals surface area contributed by atoms with Crippen molar-refractivity contribution in [3.8, 4) is 0 Å². The van der Waals surface area contributed by atoms with E-state index in [4.69, 9.17) is 5.11 Å². The van der Waals surface area contributed by atoms with Crippen LogP contribution in [0.2, 0.25) is 0 Å². The molecule has 0 unspecified atom stereocenters. The van der Waals surface area contributed by atoms with Gasteiger partial charge in [0.05, 0.1) is 4.90 Å². The lowest BCUT2D eigenvalue weighted by Gasteiger charge is -2.27. The Morgan fingerprint density at radius 2 is 1.90 bits per heavy atom. The van der Waals surface area contributed by atoms with Gasteiger partial charge < -0.3 is 5.11 Å². The number of aliphatic carboxylic acids is 1. The van der Waals surface area contributed by atoms with E-state index < -0.39 is 33.3 Å². The third kappa shape index (κ3) is 3.77. The van der Waals surface area contributed by atoms with Gasteiger partial charge in [0, 0.05) is 0 Å². The normalized spacial score (nSPS) is 14.1. The molecule has 1 aromatic rings. The Morgan fingerprint density at radius 3 is 2.35 bits per heavy atom. The predicted octanol–water partition coefficient (Wildman–Crippen LogP) is 1.91. The van der Waals surface area contributed by atoms with E-state index in [2.05, 4.69) is 4.72 Å². The summed E-state index contributed by atoms with van der Waals surface area (Å²) in [5.74, 6) is -1.98. The number of benzene rings is 1. The summed E-state index contributed by atoms with van der Waals surface area (Å²) in [7, 11) is -4.11. The van der Waals surface area contributed by atoms with Gasteiger partial charge in [0.25, 0.3) is 0 Å². The van der Waals surface area contributed by atoms with E-state index in [1.54, 1.807) is 20.8 Å². The Kier molecular flexibility index (Phi) is 4.55. The molecule has 1 atom stereocenters. The molecule has 0 aliphatic heterocycles. The third-order valence-corrected chi connectivity index (χ3v) is 4.39. The van der Waals surface area contributed by atoms with Gasteiger partial charge in [-0.3, -0.25) is 4.79 Å². The van der Waals surface area contributed by atoms with Crippen molar-refractivity contribution in [3.05, 3.63) is 29.6 Å². The minimum absolute atomic E-state index is 0.256. The molecule has 0 fully saturated rings. The summed E-state index contributed by atoms with van der Waals surface area (Å²) >= 11 is 0. The van der Waals surface area contributed by atoms with Gasteiger partial charge in [0.1, 0.15) is 11.9 Å². The largest absolute Gasteiger partial charge is 0.480 e. The van der Waals surface area contributed by atoms with Crippen LogP contribution in [0, 0.1) is 18.2 Å². The number of carbonyl (C=O) groups is 1. The standard InChI is InChI=1S/C13H18FNO4S/c1-8-5-6-9(14)7-10(8)20(18,19)15-11(12(16)17)13(2,3)4/h5-7,11,15H,1-4H3,(H,16,17)/t11-/m1/s1. The van der Waals surface area contributed by atoms with Gasteiger partial charge in [-0.05, 0) is 30.0 Å². The van der Waals surface area contributed by atoms with Crippen molar-refractivity contribution in [1.29, 1.82) is 0 Å². The quantitative estimate of drug-likeness (QED) is 0.890. The second-order valence-corrected chi connectivity index (χ2v) is 7.35. The zero-order chi connectivity index (χ0) is 15.7. The van der Waals surface area contributed by atoms with Crippen molar-refractivity contribution in [3.63, 3.8) is 0 Å². The number of carboxylic acid groups (broad SMARTS) is 1. The lowest BCUT2D eigenvalue weighted by molar-refractivity contribution is -0.141. The molecule has 0 aromatic heterocycles.